The number of nitrogens with zero attached hydrogens (tertiary/aromatic N) is 2. The van der Waals surface area contributed by atoms with Gasteiger partial charge in [0.25, 0.3) is 0 Å². The molecule has 158 valence electrons. The third-order valence-corrected chi connectivity index (χ3v) is 8.22. The largest absolute Gasteiger partial charge is 0.342 e. The van der Waals surface area contributed by atoms with E-state index in [0.717, 1.165) is 31.5 Å². The van der Waals surface area contributed by atoms with Crippen LogP contribution in [0.25, 0.3) is 0 Å². The Morgan fingerprint density at radius 3 is 2.36 bits per heavy atom. The average molecular weight is 430 g/mol. The van der Waals surface area contributed by atoms with Crippen LogP contribution in [0.15, 0.2) is 29.2 Å². The molecule has 2 N–H and O–H groups in total. The lowest BCUT2D eigenvalue weighted by molar-refractivity contribution is -0.130. The van der Waals surface area contributed by atoms with E-state index in [-0.39, 0.29) is 24.4 Å². The van der Waals surface area contributed by atoms with E-state index in [1.807, 2.05) is 30.9 Å². The summed E-state index contributed by atoms with van der Waals surface area (Å²) in [6, 6.07) is 7.17. The van der Waals surface area contributed by atoms with Gasteiger partial charge in [-0.25, -0.2) is 8.42 Å². The Morgan fingerprint density at radius 1 is 1.14 bits per heavy atom. The van der Waals surface area contributed by atoms with Gasteiger partial charge < -0.3 is 10.6 Å². The van der Waals surface area contributed by atoms with Crippen LogP contribution in [0.5, 0.6) is 0 Å². The van der Waals surface area contributed by atoms with Gasteiger partial charge in [0.15, 0.2) is 0 Å². The number of carbonyl (C=O) groups is 1. The maximum atomic E-state index is 12.5. The standard InChI is InChI=1S/C20H31N3O3S.ClH/c1-3-23(4-2)27(25,26)17-9-5-15(6-10-17)7-12-20(24)22-13-16-8-11-19(21)18(16)14-22;/h5-6,9-10,16,18-19H,3-4,7-8,11-14,21H2,1-2H3;1H. The number of benzene rings is 1. The van der Waals surface area contributed by atoms with Crippen molar-refractivity contribution in [3.63, 3.8) is 0 Å². The van der Waals surface area contributed by atoms with E-state index in [1.165, 1.54) is 4.31 Å². The number of fused-ring (bicyclic) bond motifs is 1. The molecule has 1 heterocycles. The summed E-state index contributed by atoms with van der Waals surface area (Å²) in [6.07, 6.45) is 3.30. The maximum absolute atomic E-state index is 12.5. The number of amides is 1. The molecule has 28 heavy (non-hydrogen) atoms. The topological polar surface area (TPSA) is 83.7 Å². The second-order valence-electron chi connectivity index (χ2n) is 7.70. The molecule has 3 atom stereocenters. The number of halogens is 1. The van der Waals surface area contributed by atoms with Gasteiger partial charge in [-0.1, -0.05) is 26.0 Å². The summed E-state index contributed by atoms with van der Waals surface area (Å²) in [5.41, 5.74) is 7.13. The zero-order chi connectivity index (χ0) is 19.6. The van der Waals surface area contributed by atoms with Crippen molar-refractivity contribution in [1.29, 1.82) is 0 Å². The third-order valence-electron chi connectivity index (χ3n) is 6.16. The van der Waals surface area contributed by atoms with E-state index >= 15 is 0 Å². The zero-order valence-electron chi connectivity index (χ0n) is 16.7. The van der Waals surface area contributed by atoms with Gasteiger partial charge in [-0.15, -0.1) is 12.4 Å². The number of aryl methyl sites for hydroxylation is 1. The van der Waals surface area contributed by atoms with Gasteiger partial charge in [-0.3, -0.25) is 4.79 Å². The van der Waals surface area contributed by atoms with Crippen molar-refractivity contribution >= 4 is 28.3 Å². The molecule has 2 aliphatic rings. The minimum absolute atomic E-state index is 0. The fourth-order valence-electron chi connectivity index (χ4n) is 4.46. The molecule has 0 spiro atoms. The number of hydrogen-bond donors (Lipinski definition) is 1. The monoisotopic (exact) mass is 429 g/mol. The first-order valence-electron chi connectivity index (χ1n) is 9.99. The number of hydrogen-bond acceptors (Lipinski definition) is 4. The summed E-state index contributed by atoms with van der Waals surface area (Å²) in [5.74, 6) is 1.23. The van der Waals surface area contributed by atoms with Crippen molar-refractivity contribution in [2.24, 2.45) is 17.6 Å². The number of nitrogens with two attached hydrogens (primary N) is 1. The second-order valence-corrected chi connectivity index (χ2v) is 9.64. The molecule has 0 radical (unpaired) electrons. The van der Waals surface area contributed by atoms with Gasteiger partial charge in [0.2, 0.25) is 15.9 Å². The molecule has 1 aliphatic heterocycles. The lowest BCUT2D eigenvalue weighted by Gasteiger charge is -2.19. The molecule has 1 aromatic rings. The molecule has 0 bridgehead atoms. The number of sulfonamides is 1. The summed E-state index contributed by atoms with van der Waals surface area (Å²) in [4.78, 5) is 14.8. The Labute approximate surface area is 174 Å². The molecule has 0 aromatic heterocycles. The Hall–Kier alpha value is -1.15. The molecule has 3 unspecified atom stereocenters. The van der Waals surface area contributed by atoms with Crippen molar-refractivity contribution in [3.8, 4) is 0 Å². The van der Waals surface area contributed by atoms with Crippen LogP contribution in [-0.4, -0.2) is 55.8 Å². The van der Waals surface area contributed by atoms with Gasteiger partial charge in [-0.2, -0.15) is 4.31 Å². The summed E-state index contributed by atoms with van der Waals surface area (Å²) in [6.45, 7) is 6.22. The Balaban J connectivity index is 0.00000280. The fourth-order valence-corrected chi connectivity index (χ4v) is 5.92. The molecule has 3 rings (SSSR count). The Bertz CT molecular complexity index is 765. The average Bonchev–Trinajstić information content (AvgIpc) is 3.23. The maximum Gasteiger partial charge on any atom is 0.243 e. The van der Waals surface area contributed by atoms with Crippen molar-refractivity contribution in [2.75, 3.05) is 26.2 Å². The SMILES string of the molecule is CCN(CC)S(=O)(=O)c1ccc(CCC(=O)N2CC3CCC(N)C3C2)cc1.Cl. The lowest BCUT2D eigenvalue weighted by atomic mass is 9.98. The van der Waals surface area contributed by atoms with E-state index in [4.69, 9.17) is 5.73 Å². The highest BCUT2D eigenvalue weighted by Gasteiger charge is 2.42. The van der Waals surface area contributed by atoms with Crippen molar-refractivity contribution in [1.82, 2.24) is 9.21 Å². The zero-order valence-corrected chi connectivity index (χ0v) is 18.3. The highest BCUT2D eigenvalue weighted by Crippen LogP contribution is 2.37. The highest BCUT2D eigenvalue weighted by atomic mass is 35.5. The molecule has 1 aromatic carbocycles. The number of rotatable bonds is 7. The normalized spacial score (nSPS) is 24.3. The van der Waals surface area contributed by atoms with Crippen LogP contribution in [0.1, 0.15) is 38.7 Å². The predicted molar refractivity (Wildman–Crippen MR) is 113 cm³/mol. The number of likely N-dealkylation sites (tertiary alicyclic amines) is 1. The van der Waals surface area contributed by atoms with Crippen LogP contribution in [0.4, 0.5) is 0 Å². The van der Waals surface area contributed by atoms with Crippen molar-refractivity contribution < 1.29 is 13.2 Å². The van der Waals surface area contributed by atoms with E-state index in [1.54, 1.807) is 12.1 Å². The van der Waals surface area contributed by atoms with E-state index in [2.05, 4.69) is 0 Å². The quantitative estimate of drug-likeness (QED) is 0.720. The molecule has 2 fully saturated rings. The Kier molecular flexibility index (Phi) is 7.90. The van der Waals surface area contributed by atoms with Gasteiger partial charge in [-0.05, 0) is 48.8 Å². The van der Waals surface area contributed by atoms with Crippen LogP contribution < -0.4 is 5.73 Å². The first-order valence-corrected chi connectivity index (χ1v) is 11.4. The lowest BCUT2D eigenvalue weighted by Crippen LogP contribution is -2.33. The molecular formula is C20H32ClN3O3S. The molecule has 8 heteroatoms. The van der Waals surface area contributed by atoms with Gasteiger partial charge in [0.05, 0.1) is 4.90 Å². The summed E-state index contributed by atoms with van der Waals surface area (Å²) in [7, 11) is -3.43. The third kappa shape index (κ3) is 4.70. The second kappa shape index (κ2) is 9.57. The summed E-state index contributed by atoms with van der Waals surface area (Å²) < 4.78 is 26.5. The van der Waals surface area contributed by atoms with Crippen molar-refractivity contribution in [3.05, 3.63) is 29.8 Å². The van der Waals surface area contributed by atoms with Crippen LogP contribution in [0, 0.1) is 11.8 Å². The molecule has 1 saturated heterocycles. The van der Waals surface area contributed by atoms with Crippen LogP contribution in [0.3, 0.4) is 0 Å². The fraction of sp³-hybridized carbons (Fsp3) is 0.650. The Morgan fingerprint density at radius 2 is 1.79 bits per heavy atom. The van der Waals surface area contributed by atoms with E-state index < -0.39 is 10.0 Å². The molecule has 1 amide bonds. The van der Waals surface area contributed by atoms with Gasteiger partial charge in [0.1, 0.15) is 0 Å². The molecule has 1 aliphatic carbocycles. The van der Waals surface area contributed by atoms with Crippen LogP contribution in [0.2, 0.25) is 0 Å². The highest BCUT2D eigenvalue weighted by molar-refractivity contribution is 7.89. The van der Waals surface area contributed by atoms with Crippen LogP contribution >= 0.6 is 12.4 Å². The molecule has 1 saturated carbocycles. The molecular weight excluding hydrogens is 398 g/mol. The number of carbonyl (C=O) groups excluding carboxylic acids is 1. The van der Waals surface area contributed by atoms with E-state index in [9.17, 15) is 13.2 Å². The summed E-state index contributed by atoms with van der Waals surface area (Å²) in [5, 5.41) is 0. The first-order chi connectivity index (χ1) is 12.9. The molecule has 6 nitrogen and oxygen atoms in total. The first kappa shape index (κ1) is 23.1. The van der Waals surface area contributed by atoms with Crippen molar-refractivity contribution in [2.45, 2.75) is 50.5 Å². The van der Waals surface area contributed by atoms with Gasteiger partial charge >= 0.3 is 0 Å². The summed E-state index contributed by atoms with van der Waals surface area (Å²) >= 11 is 0. The van der Waals surface area contributed by atoms with Gasteiger partial charge in [0, 0.05) is 38.6 Å². The minimum atomic E-state index is -3.43. The van der Waals surface area contributed by atoms with E-state index in [0.29, 0.717) is 42.7 Å². The minimum Gasteiger partial charge on any atom is -0.342 e. The smallest absolute Gasteiger partial charge is 0.243 e. The van der Waals surface area contributed by atoms with Crippen LogP contribution in [-0.2, 0) is 21.2 Å². The predicted octanol–water partition coefficient (Wildman–Crippen LogP) is 2.27.